The van der Waals surface area contributed by atoms with E-state index in [2.05, 4.69) is 15.2 Å². The van der Waals surface area contributed by atoms with Crippen LogP contribution in [-0.4, -0.2) is 15.2 Å². The van der Waals surface area contributed by atoms with E-state index in [-0.39, 0.29) is 11.1 Å². The van der Waals surface area contributed by atoms with Gasteiger partial charge in [-0.1, -0.05) is 30.3 Å². The molecule has 0 fully saturated rings. The van der Waals surface area contributed by atoms with Gasteiger partial charge >= 0.3 is 0 Å². The van der Waals surface area contributed by atoms with Gasteiger partial charge in [-0.2, -0.15) is 0 Å². The fourth-order valence-electron chi connectivity index (χ4n) is 2.21. The second kappa shape index (κ2) is 4.20. The van der Waals surface area contributed by atoms with Gasteiger partial charge in [-0.25, -0.2) is 0 Å². The zero-order chi connectivity index (χ0) is 13.4. The number of hydrogen-bond donors (Lipinski definition) is 2. The molecule has 0 radical (unpaired) electrons. The largest absolute Gasteiger partial charge is 0.272 e. The van der Waals surface area contributed by atoms with Crippen molar-refractivity contribution in [3.63, 3.8) is 0 Å². The van der Waals surface area contributed by atoms with Crippen molar-refractivity contribution in [3.8, 4) is 11.3 Å². The first-order valence-electron chi connectivity index (χ1n) is 5.84. The van der Waals surface area contributed by atoms with Gasteiger partial charge < -0.3 is 0 Å². The van der Waals surface area contributed by atoms with E-state index in [1.165, 1.54) is 6.20 Å². The number of rotatable bonds is 1. The van der Waals surface area contributed by atoms with Gasteiger partial charge in [0.15, 0.2) is 0 Å². The number of H-pyrrole nitrogens is 2. The molecule has 0 spiro atoms. The average Bonchev–Trinajstić information content (AvgIpc) is 2.44. The molecule has 0 aliphatic carbocycles. The van der Waals surface area contributed by atoms with Gasteiger partial charge in [0.1, 0.15) is 0 Å². The van der Waals surface area contributed by atoms with E-state index in [9.17, 15) is 9.59 Å². The highest BCUT2D eigenvalue weighted by Gasteiger charge is 2.11. The fraction of sp³-hybridized carbons (Fsp3) is 0.0714. The topological polar surface area (TPSA) is 78.6 Å². The van der Waals surface area contributed by atoms with E-state index < -0.39 is 0 Å². The molecular formula is C14H11N3O2. The number of aromatic amines is 2. The number of nitrogens with zero attached hydrogens (tertiary/aromatic N) is 1. The van der Waals surface area contributed by atoms with Crippen LogP contribution in [0, 0.1) is 6.92 Å². The minimum atomic E-state index is -0.343. The predicted octanol–water partition coefficient (Wildman–Crippen LogP) is 1.59. The van der Waals surface area contributed by atoms with E-state index in [1.807, 2.05) is 30.3 Å². The van der Waals surface area contributed by atoms with E-state index in [0.29, 0.717) is 22.0 Å². The maximum atomic E-state index is 11.9. The zero-order valence-corrected chi connectivity index (χ0v) is 10.2. The number of aromatic nitrogens is 3. The summed E-state index contributed by atoms with van der Waals surface area (Å²) in [5.41, 5.74) is 1.68. The normalized spacial score (nSPS) is 10.8. The molecule has 0 aliphatic heterocycles. The molecule has 94 valence electrons. The third kappa shape index (κ3) is 1.76. The van der Waals surface area contributed by atoms with E-state index in [0.717, 1.165) is 5.56 Å². The monoisotopic (exact) mass is 253 g/mol. The van der Waals surface area contributed by atoms with E-state index in [1.54, 1.807) is 6.92 Å². The lowest BCUT2D eigenvalue weighted by Crippen LogP contribution is -2.20. The number of hydrogen-bond acceptors (Lipinski definition) is 3. The molecule has 0 saturated heterocycles. The van der Waals surface area contributed by atoms with Crippen LogP contribution in [0.2, 0.25) is 0 Å². The SMILES string of the molecule is Cc1c(-c2ccccc2)ncc2c(=O)[nH][nH]c(=O)c12. The van der Waals surface area contributed by atoms with Crippen LogP contribution in [0.25, 0.3) is 22.0 Å². The summed E-state index contributed by atoms with van der Waals surface area (Å²) in [5, 5.41) is 5.33. The second-order valence-corrected chi connectivity index (χ2v) is 4.29. The van der Waals surface area contributed by atoms with Crippen LogP contribution in [0.3, 0.4) is 0 Å². The minimum absolute atomic E-state index is 0.306. The molecule has 3 rings (SSSR count). The lowest BCUT2D eigenvalue weighted by atomic mass is 10.0. The first kappa shape index (κ1) is 11.4. The fourth-order valence-corrected chi connectivity index (χ4v) is 2.21. The van der Waals surface area contributed by atoms with Gasteiger partial charge in [0.05, 0.1) is 16.5 Å². The summed E-state index contributed by atoms with van der Waals surface area (Å²) in [4.78, 5) is 27.9. The van der Waals surface area contributed by atoms with Crippen LogP contribution >= 0.6 is 0 Å². The Labute approximate surface area is 107 Å². The van der Waals surface area contributed by atoms with Crippen LogP contribution in [0.1, 0.15) is 5.56 Å². The molecule has 0 saturated carbocycles. The smallest absolute Gasteiger partial charge is 0.267 e. The molecule has 0 unspecified atom stereocenters. The predicted molar refractivity (Wildman–Crippen MR) is 73.2 cm³/mol. The molecule has 0 aliphatic rings. The van der Waals surface area contributed by atoms with Gasteiger partial charge in [-0.05, 0) is 12.5 Å². The molecule has 5 nitrogen and oxygen atoms in total. The first-order chi connectivity index (χ1) is 9.18. The lowest BCUT2D eigenvalue weighted by molar-refractivity contribution is 0.972. The first-order valence-corrected chi connectivity index (χ1v) is 5.84. The summed E-state index contributed by atoms with van der Waals surface area (Å²) in [6.45, 7) is 1.80. The van der Waals surface area contributed by atoms with Crippen LogP contribution in [-0.2, 0) is 0 Å². The van der Waals surface area contributed by atoms with E-state index >= 15 is 0 Å². The molecule has 3 aromatic rings. The van der Waals surface area contributed by atoms with Gasteiger partial charge in [-0.15, -0.1) is 0 Å². The van der Waals surface area contributed by atoms with Crippen molar-refractivity contribution in [2.75, 3.05) is 0 Å². The Balaban J connectivity index is 2.43. The number of benzene rings is 1. The van der Waals surface area contributed by atoms with Crippen molar-refractivity contribution < 1.29 is 0 Å². The molecule has 19 heavy (non-hydrogen) atoms. The number of nitrogens with one attached hydrogen (secondary N) is 2. The van der Waals surface area contributed by atoms with Gasteiger partial charge in [0, 0.05) is 11.8 Å². The Morgan fingerprint density at radius 3 is 2.42 bits per heavy atom. The number of fused-ring (bicyclic) bond motifs is 1. The number of aryl methyl sites for hydroxylation is 1. The maximum Gasteiger partial charge on any atom is 0.272 e. The van der Waals surface area contributed by atoms with Gasteiger partial charge in [-0.3, -0.25) is 24.8 Å². The molecule has 0 amide bonds. The molecular weight excluding hydrogens is 242 g/mol. The van der Waals surface area contributed by atoms with Crippen LogP contribution in [0.4, 0.5) is 0 Å². The Bertz CT molecular complexity index is 863. The van der Waals surface area contributed by atoms with Gasteiger partial charge in [0.2, 0.25) is 0 Å². The van der Waals surface area contributed by atoms with Crippen molar-refractivity contribution in [1.82, 2.24) is 15.2 Å². The Morgan fingerprint density at radius 1 is 1.00 bits per heavy atom. The van der Waals surface area contributed by atoms with Crippen molar-refractivity contribution in [2.24, 2.45) is 0 Å². The van der Waals surface area contributed by atoms with Gasteiger partial charge in [0.25, 0.3) is 11.1 Å². The molecule has 2 heterocycles. The summed E-state index contributed by atoms with van der Waals surface area (Å²) in [5.74, 6) is 0. The van der Waals surface area contributed by atoms with Crippen LogP contribution in [0.5, 0.6) is 0 Å². The second-order valence-electron chi connectivity index (χ2n) is 4.29. The summed E-state index contributed by atoms with van der Waals surface area (Å²) < 4.78 is 0. The third-order valence-electron chi connectivity index (χ3n) is 3.13. The molecule has 2 aromatic heterocycles. The molecule has 0 bridgehead atoms. The highest BCUT2D eigenvalue weighted by molar-refractivity contribution is 5.87. The summed E-state index contributed by atoms with van der Waals surface area (Å²) >= 11 is 0. The van der Waals surface area contributed by atoms with E-state index in [4.69, 9.17) is 0 Å². The third-order valence-corrected chi connectivity index (χ3v) is 3.13. The summed E-state index contributed by atoms with van der Waals surface area (Å²) in [6.07, 6.45) is 1.44. The highest BCUT2D eigenvalue weighted by Crippen LogP contribution is 2.23. The maximum absolute atomic E-state index is 11.9. The molecule has 2 N–H and O–H groups in total. The van der Waals surface area contributed by atoms with Crippen molar-refractivity contribution in [2.45, 2.75) is 6.92 Å². The van der Waals surface area contributed by atoms with Crippen LogP contribution < -0.4 is 11.1 Å². The number of pyridine rings is 1. The van der Waals surface area contributed by atoms with Crippen molar-refractivity contribution in [1.29, 1.82) is 0 Å². The Hall–Kier alpha value is -2.69. The zero-order valence-electron chi connectivity index (χ0n) is 10.2. The Morgan fingerprint density at radius 2 is 1.68 bits per heavy atom. The Kier molecular flexibility index (Phi) is 2.52. The average molecular weight is 253 g/mol. The highest BCUT2D eigenvalue weighted by atomic mass is 16.1. The van der Waals surface area contributed by atoms with Crippen molar-refractivity contribution >= 4 is 10.8 Å². The summed E-state index contributed by atoms with van der Waals surface area (Å²) in [7, 11) is 0. The summed E-state index contributed by atoms with van der Waals surface area (Å²) in [6, 6.07) is 9.56. The minimum Gasteiger partial charge on any atom is -0.267 e. The molecule has 5 heteroatoms. The standard InChI is InChI=1S/C14H11N3O2/c1-8-11-10(13(18)16-17-14(11)19)7-15-12(8)9-5-3-2-4-6-9/h2-7H,1H3,(H,16,18)(H,17,19). The van der Waals surface area contributed by atoms with Crippen molar-refractivity contribution in [3.05, 3.63) is 62.8 Å². The lowest BCUT2D eigenvalue weighted by Gasteiger charge is -2.07. The van der Waals surface area contributed by atoms with Crippen LogP contribution in [0.15, 0.2) is 46.1 Å². The molecule has 1 aromatic carbocycles. The quantitative estimate of drug-likeness (QED) is 0.691. The molecule has 0 atom stereocenters.